The zero-order valence-electron chi connectivity index (χ0n) is 28.7. The van der Waals surface area contributed by atoms with Crippen LogP contribution < -0.4 is 26.8 Å². The summed E-state index contributed by atoms with van der Waals surface area (Å²) in [5, 5.41) is 11.5. The van der Waals surface area contributed by atoms with Crippen molar-refractivity contribution in [2.45, 2.75) is 68.1 Å². The third kappa shape index (κ3) is 7.53. The normalized spacial score (nSPS) is 15.6. The fourth-order valence-electron chi connectivity index (χ4n) is 6.94. The number of benzene rings is 1. The Balaban J connectivity index is 1.37. The number of nitrogens with zero attached hydrogens (tertiary/aromatic N) is 2. The van der Waals surface area contributed by atoms with Gasteiger partial charge < -0.3 is 14.1 Å². The van der Waals surface area contributed by atoms with E-state index in [1.165, 1.54) is 13.2 Å². The van der Waals surface area contributed by atoms with E-state index in [4.69, 9.17) is 14.5 Å². The predicted molar refractivity (Wildman–Crippen MR) is 184 cm³/mol. The Hall–Kier alpha value is -3.61. The number of nitrogens with one attached hydrogen (secondary N) is 4. The van der Waals surface area contributed by atoms with Gasteiger partial charge in [0.1, 0.15) is 12.1 Å². The van der Waals surface area contributed by atoms with Crippen LogP contribution in [-0.2, 0) is 48.2 Å². The molecule has 0 saturated heterocycles. The van der Waals surface area contributed by atoms with Gasteiger partial charge in [-0.15, -0.1) is 0 Å². The van der Waals surface area contributed by atoms with Crippen LogP contribution in [-0.4, -0.2) is 106 Å². The molecule has 3 heterocycles. The van der Waals surface area contributed by atoms with Crippen molar-refractivity contribution in [3.63, 3.8) is 0 Å². The molecule has 3 unspecified atom stereocenters. The van der Waals surface area contributed by atoms with Crippen LogP contribution >= 0.6 is 0 Å². The van der Waals surface area contributed by atoms with E-state index in [2.05, 4.69) is 21.3 Å². The van der Waals surface area contributed by atoms with E-state index in [0.29, 0.717) is 82.6 Å². The first-order valence-corrected chi connectivity index (χ1v) is 19.4. The first-order chi connectivity index (χ1) is 24.1. The average Bonchev–Trinajstić information content (AvgIpc) is 3.47. The van der Waals surface area contributed by atoms with E-state index in [1.807, 2.05) is 13.0 Å². The van der Waals surface area contributed by atoms with Crippen molar-refractivity contribution >= 4 is 60.7 Å². The van der Waals surface area contributed by atoms with Gasteiger partial charge in [0, 0.05) is 35.6 Å². The molecule has 2 aliphatic rings. The van der Waals surface area contributed by atoms with Gasteiger partial charge in [0.15, 0.2) is 0 Å². The molecule has 0 spiro atoms. The van der Waals surface area contributed by atoms with E-state index >= 15 is 4.39 Å². The Morgan fingerprint density at radius 3 is 2.64 bits per heavy atom. The molecule has 4 N–H and O–H groups in total. The summed E-state index contributed by atoms with van der Waals surface area (Å²) in [7, 11) is 3.14. The van der Waals surface area contributed by atoms with Crippen LogP contribution in [0.25, 0.3) is 22.3 Å². The Bertz CT molecular complexity index is 1880. The molecule has 1 aliphatic carbocycles. The summed E-state index contributed by atoms with van der Waals surface area (Å²) in [6, 6.07) is 2.59. The first-order valence-electron chi connectivity index (χ1n) is 16.6. The van der Waals surface area contributed by atoms with E-state index in [-0.39, 0.29) is 62.8 Å². The Kier molecular flexibility index (Phi) is 12.5. The number of halogens is 1. The molecule has 1 aliphatic heterocycles. The third-order valence-electron chi connectivity index (χ3n) is 9.49. The number of aryl methyl sites for hydroxylation is 1. The van der Waals surface area contributed by atoms with E-state index in [0.717, 1.165) is 28.4 Å². The molecular weight excluding hydrogens is 843 g/mol. The summed E-state index contributed by atoms with van der Waals surface area (Å²) in [6.45, 7) is 3.92. The quantitative estimate of drug-likeness (QED) is 0.0560. The fraction of sp³-hybridized carbons (Fsp3) is 0.486. The molecule has 0 bridgehead atoms. The van der Waals surface area contributed by atoms with E-state index in [1.54, 1.807) is 18.5 Å². The van der Waals surface area contributed by atoms with Crippen molar-refractivity contribution in [1.29, 1.82) is 0 Å². The van der Waals surface area contributed by atoms with Gasteiger partial charge in [0.05, 0.1) is 30.1 Å². The number of rotatable bonds is 16. The van der Waals surface area contributed by atoms with Gasteiger partial charge >= 0.3 is 145 Å². The molecule has 2 aromatic heterocycles. The summed E-state index contributed by atoms with van der Waals surface area (Å²) in [6.07, 6.45) is 2.62. The summed E-state index contributed by atoms with van der Waals surface area (Å²) < 4.78 is 28.7. The molecule has 3 aromatic rings. The molecule has 0 saturated carbocycles. The maximum atomic E-state index is 15.2. The summed E-state index contributed by atoms with van der Waals surface area (Å²) in [5.74, 6) is -2.15. The van der Waals surface area contributed by atoms with Crippen molar-refractivity contribution in [3.05, 3.63) is 61.7 Å². The van der Waals surface area contributed by atoms with E-state index in [9.17, 15) is 24.0 Å². The number of aldehydes is 1. The number of fused-ring (bicyclic) bond motifs is 4. The Morgan fingerprint density at radius 2 is 1.96 bits per heavy atom. The second-order valence-electron chi connectivity index (χ2n) is 12.6. The number of likely N-dealkylation sites (N-methyl/N-ethyl adjacent to an activating group) is 1. The van der Waals surface area contributed by atoms with Crippen molar-refractivity contribution in [3.8, 4) is 11.4 Å². The van der Waals surface area contributed by atoms with Gasteiger partial charge in [-0.05, 0) is 42.5 Å². The summed E-state index contributed by atoms with van der Waals surface area (Å²) in [4.78, 5) is 67.8. The van der Waals surface area contributed by atoms with Crippen LogP contribution in [0.5, 0.6) is 0 Å². The van der Waals surface area contributed by atoms with Crippen LogP contribution in [0.15, 0.2) is 16.9 Å². The second-order valence-corrected chi connectivity index (χ2v) is 14.2. The molecule has 265 valence electrons. The smallest absolute Gasteiger partial charge is 0.0262 e. The zero-order chi connectivity index (χ0) is 36.1. The maximum absolute atomic E-state index is 15.2. The molecule has 50 heavy (non-hydrogen) atoms. The van der Waals surface area contributed by atoms with Gasteiger partial charge in [-0.25, -0.2) is 9.37 Å². The zero-order valence-corrected chi connectivity index (χ0v) is 32.6. The Labute approximate surface area is 305 Å². The van der Waals surface area contributed by atoms with Crippen LogP contribution in [0.3, 0.4) is 0 Å². The van der Waals surface area contributed by atoms with Crippen molar-refractivity contribution < 1.29 is 33.0 Å². The van der Waals surface area contributed by atoms with Crippen molar-refractivity contribution in [2.24, 2.45) is 0 Å². The molecule has 15 heteroatoms. The second kappa shape index (κ2) is 16.6. The number of methoxy groups -OCH3 is 1. The molecule has 3 radical (unpaired) electrons. The van der Waals surface area contributed by atoms with E-state index < -0.39 is 23.8 Å². The number of amides is 3. The Morgan fingerprint density at radius 1 is 1.18 bits per heavy atom. The van der Waals surface area contributed by atoms with Crippen molar-refractivity contribution in [1.82, 2.24) is 30.8 Å². The molecule has 1 aromatic carbocycles. The molecular formula is C35H42FN6O7Pb. The SMILES string of the molecule is CCC(C=O)c1cc2n(c(=O)c1COC)Cc1c-2nc2cc(F)c(C)c3c2c1C(COCNC(=O)CNC(=O)C([CH2][Pb])NC(=O)CNC)CC3. The third-order valence-corrected chi connectivity index (χ3v) is 11.1. The summed E-state index contributed by atoms with van der Waals surface area (Å²) >= 11 is 0.688. The fourth-order valence-corrected chi connectivity index (χ4v) is 8.05. The first kappa shape index (κ1) is 37.6. The standard InChI is InChI=1S/C35H42FN6O7.Pb/c1-6-20(14-43)23-9-28-33-24(13-42(28)35(47)25(23)16-48-5)31-21(7-8-22-18(2)26(36)10-27(41-33)32(22)31)15-49-17-39-29(44)12-38-34(46)19(3)40-30(45)11-37-4;/h9-10,14,19-21,37H,3,6-8,11-13,15-17H2,1-2,4-5H3,(H,38,46)(H,39,44)(H,40,45);. The molecule has 0 fully saturated rings. The monoisotopic (exact) mass is 885 g/mol. The van der Waals surface area contributed by atoms with Gasteiger partial charge in [0.25, 0.3) is 5.56 Å². The van der Waals surface area contributed by atoms with Crippen LogP contribution in [0.2, 0.25) is 3.98 Å². The van der Waals surface area contributed by atoms with Gasteiger partial charge in [-0.2, -0.15) is 0 Å². The number of carbonyl (C=O) groups is 4. The van der Waals surface area contributed by atoms with Crippen LogP contribution in [0.1, 0.15) is 65.0 Å². The van der Waals surface area contributed by atoms with Crippen molar-refractivity contribution in [2.75, 3.05) is 40.6 Å². The van der Waals surface area contributed by atoms with Crippen LogP contribution in [0, 0.1) is 12.7 Å². The number of ether oxygens (including phenoxy) is 2. The minimum absolute atomic E-state index is 0.0613. The molecule has 13 nitrogen and oxygen atoms in total. The summed E-state index contributed by atoms with van der Waals surface area (Å²) in [5.41, 5.74) is 5.70. The average molecular weight is 885 g/mol. The van der Waals surface area contributed by atoms with Gasteiger partial charge in [-0.3, -0.25) is 4.79 Å². The number of hydrogen-bond donors (Lipinski definition) is 4. The number of aromatic nitrogens is 2. The van der Waals surface area contributed by atoms with Crippen LogP contribution in [0.4, 0.5) is 4.39 Å². The minimum atomic E-state index is -0.699. The molecule has 3 amide bonds. The minimum Gasteiger partial charge on any atom is -0.0262 e. The number of hydrogen-bond acceptors (Lipinski definition) is 9. The molecule has 5 rings (SSSR count). The topological polar surface area (TPSA) is 170 Å². The number of carbonyl (C=O) groups excluding carboxylic acids is 4. The number of pyridine rings is 2. The predicted octanol–water partition coefficient (Wildman–Crippen LogP) is 1.24. The molecule has 3 atom stereocenters. The van der Waals surface area contributed by atoms with Gasteiger partial charge in [0.2, 0.25) is 0 Å². The van der Waals surface area contributed by atoms with Gasteiger partial charge in [-0.1, -0.05) is 6.92 Å².